The van der Waals surface area contributed by atoms with Gasteiger partial charge in [-0.15, -0.1) is 0 Å². The second-order valence-electron chi connectivity index (χ2n) is 4.13. The Balaban J connectivity index is 2.93. The van der Waals surface area contributed by atoms with Gasteiger partial charge in [-0.05, 0) is 40.5 Å². The van der Waals surface area contributed by atoms with Crippen LogP contribution >= 0.6 is 15.9 Å². The van der Waals surface area contributed by atoms with Gasteiger partial charge >= 0.3 is 0 Å². The van der Waals surface area contributed by atoms with E-state index in [2.05, 4.69) is 20.7 Å². The Hall–Kier alpha value is -0.670. The smallest absolute Gasteiger partial charge is 0.233 e. The summed E-state index contributed by atoms with van der Waals surface area (Å²) in [6, 6.07) is 2.47. The van der Waals surface area contributed by atoms with Crippen molar-refractivity contribution in [1.29, 1.82) is 0 Å². The fourth-order valence-electron chi connectivity index (χ4n) is 1.24. The molecular weight excluding hydrogens is 361 g/mol. The van der Waals surface area contributed by atoms with Crippen molar-refractivity contribution in [3.8, 4) is 0 Å². The third-order valence-electron chi connectivity index (χ3n) is 2.26. The molecule has 0 aromatic heterocycles. The molecule has 108 valence electrons. The van der Waals surface area contributed by atoms with E-state index in [-0.39, 0.29) is 10.2 Å². The molecule has 0 aliphatic heterocycles. The number of nitrogens with one attached hydrogen (secondary N) is 1. The monoisotopic (exact) mass is 373 g/mol. The lowest BCUT2D eigenvalue weighted by molar-refractivity contribution is 0.593. The molecule has 5 nitrogen and oxygen atoms in total. The molecule has 19 heavy (non-hydrogen) atoms. The van der Waals surface area contributed by atoms with E-state index < -0.39 is 37.2 Å². The zero-order valence-electron chi connectivity index (χ0n) is 10.3. The van der Waals surface area contributed by atoms with Gasteiger partial charge in [0.2, 0.25) is 10.0 Å². The van der Waals surface area contributed by atoms with Crippen molar-refractivity contribution in [2.45, 2.75) is 6.92 Å². The number of rotatable bonds is 5. The molecule has 0 saturated heterocycles. The first-order valence-electron chi connectivity index (χ1n) is 5.14. The zero-order chi connectivity index (χ0) is 14.8. The van der Waals surface area contributed by atoms with E-state index in [9.17, 15) is 21.2 Å². The highest BCUT2D eigenvalue weighted by molar-refractivity contribution is 9.10. The molecule has 0 unspecified atom stereocenters. The van der Waals surface area contributed by atoms with Crippen molar-refractivity contribution in [1.82, 2.24) is 0 Å². The Morgan fingerprint density at radius 3 is 2.32 bits per heavy atom. The minimum absolute atomic E-state index is 0.124. The average molecular weight is 374 g/mol. The summed E-state index contributed by atoms with van der Waals surface area (Å²) in [5.41, 5.74) is 0.616. The van der Waals surface area contributed by atoms with Gasteiger partial charge in [-0.3, -0.25) is 4.72 Å². The maximum Gasteiger partial charge on any atom is 0.233 e. The summed E-state index contributed by atoms with van der Waals surface area (Å²) >= 11 is 2.95. The van der Waals surface area contributed by atoms with E-state index in [1.807, 2.05) is 0 Å². The molecule has 0 aliphatic rings. The largest absolute Gasteiger partial charge is 0.283 e. The van der Waals surface area contributed by atoms with Crippen molar-refractivity contribution in [3.63, 3.8) is 0 Å². The minimum atomic E-state index is -3.79. The summed E-state index contributed by atoms with van der Waals surface area (Å²) in [7, 11) is -7.16. The van der Waals surface area contributed by atoms with Crippen LogP contribution < -0.4 is 4.72 Å². The van der Waals surface area contributed by atoms with Gasteiger partial charge in [-0.1, -0.05) is 0 Å². The van der Waals surface area contributed by atoms with Gasteiger partial charge in [-0.2, -0.15) is 0 Å². The van der Waals surface area contributed by atoms with Crippen molar-refractivity contribution in [2.75, 3.05) is 22.5 Å². The van der Waals surface area contributed by atoms with E-state index in [4.69, 9.17) is 0 Å². The Kier molecular flexibility index (Phi) is 4.97. The number of hydrogen-bond acceptors (Lipinski definition) is 4. The van der Waals surface area contributed by atoms with Crippen LogP contribution in [0.3, 0.4) is 0 Å². The molecule has 0 saturated carbocycles. The standard InChI is InChI=1S/C10H13BrFNO4S2/c1-7-5-9(12)8(11)6-10(7)13-19(16,17)4-3-18(2,14)15/h5-6,13H,3-4H2,1-2H3. The summed E-state index contributed by atoms with van der Waals surface area (Å²) in [4.78, 5) is 0. The molecule has 0 bridgehead atoms. The third-order valence-corrected chi connectivity index (χ3v) is 5.34. The topological polar surface area (TPSA) is 80.3 Å². The van der Waals surface area contributed by atoms with E-state index in [0.29, 0.717) is 5.56 Å². The van der Waals surface area contributed by atoms with Crippen LogP contribution in [-0.2, 0) is 19.9 Å². The summed E-state index contributed by atoms with van der Waals surface area (Å²) in [6.45, 7) is 1.55. The lowest BCUT2D eigenvalue weighted by Crippen LogP contribution is -2.22. The molecule has 1 aromatic carbocycles. The molecule has 1 rings (SSSR count). The molecule has 0 amide bonds. The van der Waals surface area contributed by atoms with Gasteiger partial charge in [0, 0.05) is 6.26 Å². The van der Waals surface area contributed by atoms with E-state index in [0.717, 1.165) is 6.26 Å². The van der Waals surface area contributed by atoms with Crippen LogP contribution in [0.2, 0.25) is 0 Å². The number of sulfonamides is 1. The average Bonchev–Trinajstić information content (AvgIpc) is 2.22. The summed E-state index contributed by atoms with van der Waals surface area (Å²) in [6.07, 6.45) is 0.961. The van der Waals surface area contributed by atoms with Crippen molar-refractivity contribution in [3.05, 3.63) is 28.0 Å². The number of sulfone groups is 1. The van der Waals surface area contributed by atoms with Crippen LogP contribution in [0.25, 0.3) is 0 Å². The quantitative estimate of drug-likeness (QED) is 0.851. The lowest BCUT2D eigenvalue weighted by Gasteiger charge is -2.11. The van der Waals surface area contributed by atoms with Crippen LogP contribution in [0.1, 0.15) is 5.56 Å². The maximum absolute atomic E-state index is 13.2. The SMILES string of the molecule is Cc1cc(F)c(Br)cc1NS(=O)(=O)CCS(C)(=O)=O. The van der Waals surface area contributed by atoms with E-state index in [1.165, 1.54) is 12.1 Å². The Bertz CT molecular complexity index is 686. The predicted molar refractivity (Wildman–Crippen MR) is 76.0 cm³/mol. The molecule has 9 heteroatoms. The Morgan fingerprint density at radius 1 is 1.21 bits per heavy atom. The van der Waals surface area contributed by atoms with Gasteiger partial charge in [0.15, 0.2) is 0 Å². The first-order chi connectivity index (χ1) is 8.50. The number of anilines is 1. The highest BCUT2D eigenvalue weighted by Crippen LogP contribution is 2.25. The van der Waals surface area contributed by atoms with Gasteiger partial charge in [-0.25, -0.2) is 21.2 Å². The Morgan fingerprint density at radius 2 is 1.79 bits per heavy atom. The molecular formula is C10H13BrFNO4S2. The highest BCUT2D eigenvalue weighted by atomic mass is 79.9. The van der Waals surface area contributed by atoms with Gasteiger partial charge < -0.3 is 0 Å². The van der Waals surface area contributed by atoms with E-state index >= 15 is 0 Å². The number of benzene rings is 1. The number of hydrogen-bond donors (Lipinski definition) is 1. The number of halogens is 2. The molecule has 1 N–H and O–H groups in total. The summed E-state index contributed by atoms with van der Waals surface area (Å²) in [5.74, 6) is -1.51. The Labute approximate surface area is 120 Å². The van der Waals surface area contributed by atoms with Crippen molar-refractivity contribution >= 4 is 41.5 Å². The lowest BCUT2D eigenvalue weighted by atomic mass is 10.2. The maximum atomic E-state index is 13.2. The second-order valence-corrected chi connectivity index (χ2v) is 9.09. The molecule has 0 radical (unpaired) electrons. The summed E-state index contributed by atoms with van der Waals surface area (Å²) in [5, 5.41) is 0. The van der Waals surface area contributed by atoms with Gasteiger partial charge in [0.05, 0.1) is 21.7 Å². The minimum Gasteiger partial charge on any atom is -0.283 e. The van der Waals surface area contributed by atoms with Crippen molar-refractivity contribution in [2.24, 2.45) is 0 Å². The fraction of sp³-hybridized carbons (Fsp3) is 0.400. The van der Waals surface area contributed by atoms with Crippen LogP contribution in [-0.4, -0.2) is 34.6 Å². The fourth-order valence-corrected chi connectivity index (χ4v) is 4.32. The van der Waals surface area contributed by atoms with E-state index in [1.54, 1.807) is 6.92 Å². The van der Waals surface area contributed by atoms with Crippen LogP contribution in [0.4, 0.5) is 10.1 Å². The molecule has 1 aromatic rings. The second kappa shape index (κ2) is 5.76. The highest BCUT2D eigenvalue weighted by Gasteiger charge is 2.16. The van der Waals surface area contributed by atoms with Crippen LogP contribution in [0.5, 0.6) is 0 Å². The van der Waals surface area contributed by atoms with Gasteiger partial charge in [0.1, 0.15) is 15.7 Å². The molecule has 0 heterocycles. The summed E-state index contributed by atoms with van der Waals surface area (Å²) < 4.78 is 60.9. The first kappa shape index (κ1) is 16.4. The van der Waals surface area contributed by atoms with Crippen LogP contribution in [0, 0.1) is 12.7 Å². The third kappa shape index (κ3) is 5.45. The normalized spacial score (nSPS) is 12.4. The zero-order valence-corrected chi connectivity index (χ0v) is 13.5. The first-order valence-corrected chi connectivity index (χ1v) is 9.64. The van der Waals surface area contributed by atoms with Gasteiger partial charge in [0.25, 0.3) is 0 Å². The van der Waals surface area contributed by atoms with Crippen molar-refractivity contribution < 1.29 is 21.2 Å². The van der Waals surface area contributed by atoms with Crippen LogP contribution in [0.15, 0.2) is 16.6 Å². The molecule has 0 atom stereocenters. The molecule has 0 aliphatic carbocycles. The predicted octanol–water partition coefficient (Wildman–Crippen LogP) is 1.68. The molecule has 0 fully saturated rings. The molecule has 0 spiro atoms. The number of aryl methyl sites for hydroxylation is 1.